The second-order valence-electron chi connectivity index (χ2n) is 8.84. The van der Waals surface area contributed by atoms with Crippen LogP contribution in [0.1, 0.15) is 92.7 Å². The summed E-state index contributed by atoms with van der Waals surface area (Å²) < 4.78 is 5.92. The number of amides is 1. The molecule has 1 aromatic rings. The minimum atomic E-state index is -0.185. The number of ether oxygens (including phenoxy) is 1. The highest BCUT2D eigenvalue weighted by molar-refractivity contribution is 5.94. The van der Waals surface area contributed by atoms with Gasteiger partial charge in [-0.05, 0) is 63.2 Å². The first-order valence-electron chi connectivity index (χ1n) is 10.9. The maximum atomic E-state index is 12.7. The molecule has 152 valence electrons. The number of primary amides is 1. The molecule has 0 saturated heterocycles. The molecule has 28 heavy (non-hydrogen) atoms. The van der Waals surface area contributed by atoms with Crippen LogP contribution in [0.15, 0.2) is 6.20 Å². The molecule has 1 heterocycles. The summed E-state index contributed by atoms with van der Waals surface area (Å²) in [6, 6.07) is 0. The van der Waals surface area contributed by atoms with Crippen LogP contribution in [0.5, 0.6) is 5.88 Å². The van der Waals surface area contributed by atoms with E-state index in [0.29, 0.717) is 42.4 Å². The second kappa shape index (κ2) is 8.58. The predicted octanol–water partition coefficient (Wildman–Crippen LogP) is 3.79. The van der Waals surface area contributed by atoms with Gasteiger partial charge in [0.25, 0.3) is 0 Å². The molecule has 1 amide bonds. The Bertz CT molecular complexity index is 728. The highest BCUT2D eigenvalue weighted by Crippen LogP contribution is 2.43. The number of Topliss-reactive ketones (excluding diaryl/α,β-unsaturated/α-hetero) is 1. The monoisotopic (exact) mass is 385 g/mol. The lowest BCUT2D eigenvalue weighted by Gasteiger charge is -2.29. The van der Waals surface area contributed by atoms with Crippen molar-refractivity contribution < 1.29 is 14.3 Å². The molecule has 4 rings (SSSR count). The number of aromatic nitrogens is 2. The van der Waals surface area contributed by atoms with Crippen molar-refractivity contribution in [1.82, 2.24) is 9.97 Å². The van der Waals surface area contributed by atoms with Crippen LogP contribution in [0.4, 0.5) is 0 Å². The average molecular weight is 386 g/mol. The van der Waals surface area contributed by atoms with Gasteiger partial charge in [0.05, 0.1) is 12.8 Å². The van der Waals surface area contributed by atoms with Gasteiger partial charge in [0, 0.05) is 18.3 Å². The number of hydrogen-bond donors (Lipinski definition) is 1. The summed E-state index contributed by atoms with van der Waals surface area (Å²) >= 11 is 0. The topological polar surface area (TPSA) is 95.2 Å². The maximum Gasteiger partial charge on any atom is 0.236 e. The highest BCUT2D eigenvalue weighted by atomic mass is 16.5. The van der Waals surface area contributed by atoms with E-state index in [0.717, 1.165) is 57.1 Å². The number of hydrogen-bond acceptors (Lipinski definition) is 5. The van der Waals surface area contributed by atoms with Crippen molar-refractivity contribution in [1.29, 1.82) is 0 Å². The van der Waals surface area contributed by atoms with E-state index in [-0.39, 0.29) is 17.6 Å². The molecule has 0 bridgehead atoms. The molecule has 1 aromatic heterocycles. The second-order valence-corrected chi connectivity index (χ2v) is 8.84. The summed E-state index contributed by atoms with van der Waals surface area (Å²) in [5.41, 5.74) is 6.88. The van der Waals surface area contributed by atoms with Crippen LogP contribution < -0.4 is 10.5 Å². The fourth-order valence-corrected chi connectivity index (χ4v) is 4.32. The van der Waals surface area contributed by atoms with Crippen LogP contribution in [0.2, 0.25) is 0 Å². The molecule has 2 N–H and O–H groups in total. The number of rotatable bonds is 10. The van der Waals surface area contributed by atoms with E-state index in [1.807, 2.05) is 0 Å². The van der Waals surface area contributed by atoms with Gasteiger partial charge < -0.3 is 10.5 Å². The lowest BCUT2D eigenvalue weighted by atomic mass is 9.76. The van der Waals surface area contributed by atoms with Crippen molar-refractivity contribution in [2.75, 3.05) is 6.61 Å². The molecule has 2 atom stereocenters. The molecule has 3 saturated carbocycles. The summed E-state index contributed by atoms with van der Waals surface area (Å²) in [7, 11) is 0. The third-order valence-corrected chi connectivity index (χ3v) is 6.42. The first kappa shape index (κ1) is 19.3. The number of carbonyl (C=O) groups is 2. The standard InChI is InChI=1S/C22H31N3O3/c23-21(27)17-6-2-1-4-15(17)5-3-7-19(26)18-12-24-20(16-10-11-16)22(25-18)28-13-14-8-9-14/h12,14-17H,1-11,13H2,(H2,23,27). The van der Waals surface area contributed by atoms with Gasteiger partial charge in [-0.2, -0.15) is 0 Å². The summed E-state index contributed by atoms with van der Waals surface area (Å²) in [5.74, 6) is 1.78. The van der Waals surface area contributed by atoms with Crippen molar-refractivity contribution in [3.63, 3.8) is 0 Å². The lowest BCUT2D eigenvalue weighted by Crippen LogP contribution is -2.32. The smallest absolute Gasteiger partial charge is 0.236 e. The first-order valence-corrected chi connectivity index (χ1v) is 10.9. The lowest BCUT2D eigenvalue weighted by molar-refractivity contribution is -0.124. The molecule has 0 aliphatic heterocycles. The van der Waals surface area contributed by atoms with Crippen LogP contribution in [0.25, 0.3) is 0 Å². The largest absolute Gasteiger partial charge is 0.476 e. The average Bonchev–Trinajstić information content (AvgIpc) is 3.60. The van der Waals surface area contributed by atoms with E-state index in [2.05, 4.69) is 9.97 Å². The van der Waals surface area contributed by atoms with E-state index in [4.69, 9.17) is 10.5 Å². The fraction of sp³-hybridized carbons (Fsp3) is 0.727. The Morgan fingerprint density at radius 2 is 1.89 bits per heavy atom. The van der Waals surface area contributed by atoms with Crippen LogP contribution in [0.3, 0.4) is 0 Å². The molecule has 0 aromatic carbocycles. The van der Waals surface area contributed by atoms with Crippen LogP contribution >= 0.6 is 0 Å². The fourth-order valence-electron chi connectivity index (χ4n) is 4.32. The summed E-state index contributed by atoms with van der Waals surface area (Å²) in [6.45, 7) is 0.683. The Labute approximate surface area is 166 Å². The molecule has 2 unspecified atom stereocenters. The molecule has 3 fully saturated rings. The van der Waals surface area contributed by atoms with Crippen molar-refractivity contribution in [3.05, 3.63) is 17.6 Å². The summed E-state index contributed by atoms with van der Waals surface area (Å²) in [6.07, 6.45) is 12.5. The Balaban J connectivity index is 1.33. The van der Waals surface area contributed by atoms with Crippen molar-refractivity contribution >= 4 is 11.7 Å². The van der Waals surface area contributed by atoms with E-state index >= 15 is 0 Å². The molecular formula is C22H31N3O3. The third kappa shape index (κ3) is 4.89. The normalized spacial score (nSPS) is 24.7. The Morgan fingerprint density at radius 3 is 2.61 bits per heavy atom. The number of ketones is 1. The minimum absolute atomic E-state index is 0.0116. The first-order chi connectivity index (χ1) is 13.6. The number of nitrogens with zero attached hydrogens (tertiary/aromatic N) is 2. The van der Waals surface area contributed by atoms with Gasteiger partial charge in [0.1, 0.15) is 11.4 Å². The minimum Gasteiger partial charge on any atom is -0.476 e. The zero-order chi connectivity index (χ0) is 19.5. The van der Waals surface area contributed by atoms with Gasteiger partial charge in [-0.25, -0.2) is 4.98 Å². The van der Waals surface area contributed by atoms with Crippen molar-refractivity contribution in [2.45, 2.75) is 76.5 Å². The van der Waals surface area contributed by atoms with E-state index in [1.54, 1.807) is 6.20 Å². The predicted molar refractivity (Wildman–Crippen MR) is 105 cm³/mol. The van der Waals surface area contributed by atoms with E-state index < -0.39 is 0 Å². The van der Waals surface area contributed by atoms with E-state index in [1.165, 1.54) is 12.8 Å². The molecule has 3 aliphatic carbocycles. The van der Waals surface area contributed by atoms with Gasteiger partial charge in [-0.15, -0.1) is 0 Å². The van der Waals surface area contributed by atoms with Crippen LogP contribution in [-0.2, 0) is 4.79 Å². The van der Waals surface area contributed by atoms with Gasteiger partial charge >= 0.3 is 0 Å². The summed E-state index contributed by atoms with van der Waals surface area (Å²) in [4.78, 5) is 33.4. The van der Waals surface area contributed by atoms with Gasteiger partial charge in [-0.1, -0.05) is 12.8 Å². The van der Waals surface area contributed by atoms with Crippen molar-refractivity contribution in [3.8, 4) is 5.88 Å². The number of nitrogens with two attached hydrogens (primary N) is 1. The molecular weight excluding hydrogens is 354 g/mol. The van der Waals surface area contributed by atoms with E-state index in [9.17, 15) is 9.59 Å². The SMILES string of the molecule is NC(=O)C1CCCCC1CCCC(=O)c1cnc(C2CC2)c(OCC2CC2)n1. The van der Waals surface area contributed by atoms with Crippen LogP contribution in [-0.4, -0.2) is 28.3 Å². The molecule has 6 nitrogen and oxygen atoms in total. The molecule has 3 aliphatic rings. The summed E-state index contributed by atoms with van der Waals surface area (Å²) in [5, 5.41) is 0. The van der Waals surface area contributed by atoms with Gasteiger partial charge in [0.15, 0.2) is 5.78 Å². The van der Waals surface area contributed by atoms with Crippen molar-refractivity contribution in [2.24, 2.45) is 23.5 Å². The number of carbonyl (C=O) groups excluding carboxylic acids is 2. The highest BCUT2D eigenvalue weighted by Gasteiger charge is 2.32. The molecule has 0 spiro atoms. The Morgan fingerprint density at radius 1 is 1.11 bits per heavy atom. The Hall–Kier alpha value is -1.98. The Kier molecular flexibility index (Phi) is 5.93. The molecule has 6 heteroatoms. The zero-order valence-corrected chi connectivity index (χ0v) is 16.6. The molecule has 0 radical (unpaired) electrons. The zero-order valence-electron chi connectivity index (χ0n) is 16.6. The quantitative estimate of drug-likeness (QED) is 0.618. The third-order valence-electron chi connectivity index (χ3n) is 6.42. The van der Waals surface area contributed by atoms with Gasteiger partial charge in [-0.3, -0.25) is 14.6 Å². The van der Waals surface area contributed by atoms with Crippen LogP contribution in [0, 0.1) is 17.8 Å². The van der Waals surface area contributed by atoms with Gasteiger partial charge in [0.2, 0.25) is 11.8 Å². The maximum absolute atomic E-state index is 12.7.